The number of fused-ring (bicyclic) bond motifs is 1. The van der Waals surface area contributed by atoms with Gasteiger partial charge in [0.15, 0.2) is 0 Å². The summed E-state index contributed by atoms with van der Waals surface area (Å²) in [5.74, 6) is -0.0933. The van der Waals surface area contributed by atoms with E-state index in [4.69, 9.17) is 0 Å². The molecule has 24 heavy (non-hydrogen) atoms. The van der Waals surface area contributed by atoms with Gasteiger partial charge in [-0.1, -0.05) is 43.3 Å². The zero-order chi connectivity index (χ0) is 17.1. The summed E-state index contributed by atoms with van der Waals surface area (Å²) in [5.41, 5.74) is 4.55. The highest BCUT2D eigenvalue weighted by molar-refractivity contribution is 5.94. The Kier molecular flexibility index (Phi) is 4.35. The van der Waals surface area contributed by atoms with E-state index in [2.05, 4.69) is 18.3 Å². The van der Waals surface area contributed by atoms with Crippen LogP contribution < -0.4 is 5.32 Å². The number of nitrogens with one attached hydrogen (secondary N) is 1. The van der Waals surface area contributed by atoms with Gasteiger partial charge in [0, 0.05) is 22.8 Å². The van der Waals surface area contributed by atoms with Crippen LogP contribution >= 0.6 is 0 Å². The Hall–Kier alpha value is -3.06. The van der Waals surface area contributed by atoms with E-state index in [9.17, 15) is 10.1 Å². The van der Waals surface area contributed by atoms with Crippen molar-refractivity contribution >= 4 is 22.5 Å². The number of carbonyl (C=O) groups is 1. The molecule has 1 amide bonds. The predicted octanol–water partition coefficient (Wildman–Crippen LogP) is 4.02. The number of carbonyl (C=O) groups excluding carboxylic acids is 1. The van der Waals surface area contributed by atoms with Crippen LogP contribution in [-0.2, 0) is 17.8 Å². The monoisotopic (exact) mass is 317 g/mol. The summed E-state index contributed by atoms with van der Waals surface area (Å²) < 4.78 is 1.83. The van der Waals surface area contributed by atoms with Crippen molar-refractivity contribution < 1.29 is 4.79 Å². The molecule has 0 aliphatic carbocycles. The highest BCUT2D eigenvalue weighted by atomic mass is 16.1. The number of nitrogens with zero attached hydrogens (tertiary/aromatic N) is 2. The van der Waals surface area contributed by atoms with Crippen molar-refractivity contribution in [1.82, 2.24) is 4.57 Å². The lowest BCUT2D eigenvalue weighted by Crippen LogP contribution is -2.19. The molecule has 0 spiro atoms. The quantitative estimate of drug-likeness (QED) is 0.790. The standard InChI is InChI=1S/C20H19N3O/c1-3-15-8-6-7-14(2)20(15)22-19(24)13-23-12-16(11-21)17-9-4-5-10-18(17)23/h4-10,12H,3,13H2,1-2H3,(H,22,24). The highest BCUT2D eigenvalue weighted by Gasteiger charge is 2.12. The maximum atomic E-state index is 12.5. The topological polar surface area (TPSA) is 57.8 Å². The van der Waals surface area contributed by atoms with Crippen molar-refractivity contribution in [2.75, 3.05) is 5.32 Å². The molecule has 1 aromatic heterocycles. The first-order chi connectivity index (χ1) is 11.6. The second kappa shape index (κ2) is 6.59. The first-order valence-electron chi connectivity index (χ1n) is 8.00. The Morgan fingerprint density at radius 1 is 1.21 bits per heavy atom. The molecule has 0 radical (unpaired) electrons. The first-order valence-corrected chi connectivity index (χ1v) is 8.00. The number of para-hydroxylation sites is 2. The fourth-order valence-electron chi connectivity index (χ4n) is 3.00. The van der Waals surface area contributed by atoms with E-state index in [0.717, 1.165) is 34.1 Å². The summed E-state index contributed by atoms with van der Waals surface area (Å²) in [7, 11) is 0. The van der Waals surface area contributed by atoms with Crippen LogP contribution in [0, 0.1) is 18.3 Å². The Bertz CT molecular complexity index is 947. The van der Waals surface area contributed by atoms with Gasteiger partial charge in [0.25, 0.3) is 0 Å². The fourth-order valence-corrected chi connectivity index (χ4v) is 3.00. The minimum Gasteiger partial charge on any atom is -0.337 e. The smallest absolute Gasteiger partial charge is 0.244 e. The van der Waals surface area contributed by atoms with Gasteiger partial charge in [0.1, 0.15) is 12.6 Å². The zero-order valence-electron chi connectivity index (χ0n) is 13.8. The van der Waals surface area contributed by atoms with Crippen LogP contribution in [-0.4, -0.2) is 10.5 Å². The van der Waals surface area contributed by atoms with E-state index in [-0.39, 0.29) is 12.5 Å². The molecule has 1 N–H and O–H groups in total. The molecule has 0 bridgehead atoms. The summed E-state index contributed by atoms with van der Waals surface area (Å²) in [6.07, 6.45) is 2.60. The third-order valence-electron chi connectivity index (χ3n) is 4.23. The summed E-state index contributed by atoms with van der Waals surface area (Å²) in [5, 5.41) is 13.2. The molecular weight excluding hydrogens is 298 g/mol. The van der Waals surface area contributed by atoms with Gasteiger partial charge in [-0.25, -0.2) is 0 Å². The molecule has 0 atom stereocenters. The van der Waals surface area contributed by atoms with E-state index < -0.39 is 0 Å². The SMILES string of the molecule is CCc1cccc(C)c1NC(=O)Cn1cc(C#N)c2ccccc21. The minimum atomic E-state index is -0.0933. The maximum Gasteiger partial charge on any atom is 0.244 e. The van der Waals surface area contributed by atoms with Gasteiger partial charge in [-0.3, -0.25) is 4.79 Å². The molecule has 0 saturated heterocycles. The van der Waals surface area contributed by atoms with Crippen LogP contribution in [0.2, 0.25) is 0 Å². The van der Waals surface area contributed by atoms with E-state index in [1.807, 2.05) is 54.0 Å². The van der Waals surface area contributed by atoms with Crippen molar-refractivity contribution in [3.63, 3.8) is 0 Å². The second-order valence-corrected chi connectivity index (χ2v) is 5.81. The van der Waals surface area contributed by atoms with E-state index in [1.54, 1.807) is 6.20 Å². The average molecular weight is 317 g/mol. The van der Waals surface area contributed by atoms with Crippen LogP contribution in [0.5, 0.6) is 0 Å². The number of hydrogen-bond donors (Lipinski definition) is 1. The van der Waals surface area contributed by atoms with Crippen LogP contribution in [0.4, 0.5) is 5.69 Å². The molecule has 3 rings (SSSR count). The number of nitriles is 1. The number of amides is 1. The van der Waals surface area contributed by atoms with Gasteiger partial charge in [-0.15, -0.1) is 0 Å². The van der Waals surface area contributed by atoms with Gasteiger partial charge >= 0.3 is 0 Å². The van der Waals surface area contributed by atoms with Crippen LogP contribution in [0.15, 0.2) is 48.7 Å². The summed E-state index contributed by atoms with van der Waals surface area (Å²) >= 11 is 0. The van der Waals surface area contributed by atoms with Crippen molar-refractivity contribution in [3.8, 4) is 6.07 Å². The molecule has 2 aromatic carbocycles. The third kappa shape index (κ3) is 2.89. The lowest BCUT2D eigenvalue weighted by Gasteiger charge is -2.13. The molecule has 0 saturated carbocycles. The van der Waals surface area contributed by atoms with Gasteiger partial charge in [-0.05, 0) is 30.5 Å². The van der Waals surface area contributed by atoms with Gasteiger partial charge in [0.2, 0.25) is 5.91 Å². The maximum absolute atomic E-state index is 12.5. The van der Waals surface area contributed by atoms with Crippen molar-refractivity contribution in [2.45, 2.75) is 26.8 Å². The lowest BCUT2D eigenvalue weighted by atomic mass is 10.1. The molecule has 0 unspecified atom stereocenters. The van der Waals surface area contributed by atoms with Crippen LogP contribution in [0.1, 0.15) is 23.6 Å². The lowest BCUT2D eigenvalue weighted by molar-refractivity contribution is -0.116. The van der Waals surface area contributed by atoms with E-state index in [0.29, 0.717) is 5.56 Å². The predicted molar refractivity (Wildman–Crippen MR) is 95.8 cm³/mol. The van der Waals surface area contributed by atoms with Crippen molar-refractivity contribution in [2.24, 2.45) is 0 Å². The molecule has 3 aromatic rings. The van der Waals surface area contributed by atoms with Gasteiger partial charge in [-0.2, -0.15) is 5.26 Å². The molecule has 4 nitrogen and oxygen atoms in total. The van der Waals surface area contributed by atoms with Crippen LogP contribution in [0.3, 0.4) is 0 Å². The molecule has 0 aliphatic heterocycles. The van der Waals surface area contributed by atoms with Crippen LogP contribution in [0.25, 0.3) is 10.9 Å². The molecule has 0 fully saturated rings. The Morgan fingerprint density at radius 3 is 2.75 bits per heavy atom. The third-order valence-corrected chi connectivity index (χ3v) is 4.23. The summed E-state index contributed by atoms with van der Waals surface area (Å²) in [6.45, 7) is 4.25. The fraction of sp³-hybridized carbons (Fsp3) is 0.200. The van der Waals surface area contributed by atoms with E-state index in [1.165, 1.54) is 0 Å². The zero-order valence-corrected chi connectivity index (χ0v) is 13.8. The molecule has 120 valence electrons. The molecule has 1 heterocycles. The number of rotatable bonds is 4. The second-order valence-electron chi connectivity index (χ2n) is 5.81. The minimum absolute atomic E-state index is 0.0933. The number of hydrogen-bond acceptors (Lipinski definition) is 2. The summed E-state index contributed by atoms with van der Waals surface area (Å²) in [4.78, 5) is 12.5. The van der Waals surface area contributed by atoms with Crippen molar-refractivity contribution in [1.29, 1.82) is 5.26 Å². The summed E-state index contributed by atoms with van der Waals surface area (Å²) in [6, 6.07) is 15.8. The number of aryl methyl sites for hydroxylation is 2. The normalized spacial score (nSPS) is 10.5. The van der Waals surface area contributed by atoms with E-state index >= 15 is 0 Å². The first kappa shape index (κ1) is 15.8. The van der Waals surface area contributed by atoms with Gasteiger partial charge < -0.3 is 9.88 Å². The number of anilines is 1. The largest absolute Gasteiger partial charge is 0.337 e. The Balaban J connectivity index is 1.88. The van der Waals surface area contributed by atoms with Crippen molar-refractivity contribution in [3.05, 3.63) is 65.4 Å². The van der Waals surface area contributed by atoms with Gasteiger partial charge in [0.05, 0.1) is 5.56 Å². The number of aromatic nitrogens is 1. The Morgan fingerprint density at radius 2 is 2.00 bits per heavy atom. The highest BCUT2D eigenvalue weighted by Crippen LogP contribution is 2.23. The number of benzene rings is 2. The molecule has 0 aliphatic rings. The average Bonchev–Trinajstić information content (AvgIpc) is 2.94. The molecular formula is C20H19N3O. The molecule has 4 heteroatoms. The Labute approximate surface area is 141 Å².